The highest BCUT2D eigenvalue weighted by atomic mass is 16.5. The van der Waals surface area contributed by atoms with Gasteiger partial charge in [-0.05, 0) is 24.8 Å². The minimum Gasteiger partial charge on any atom is -0.496 e. The SMILES string of the molecule is COc1ccc(C)cc1C1(C)CNCC(C)(C)C1. The molecule has 0 aliphatic carbocycles. The van der Waals surface area contributed by atoms with E-state index in [0.29, 0.717) is 5.41 Å². The molecular weight excluding hydrogens is 222 g/mol. The summed E-state index contributed by atoms with van der Waals surface area (Å²) >= 11 is 0. The van der Waals surface area contributed by atoms with Gasteiger partial charge in [-0.3, -0.25) is 0 Å². The molecule has 100 valence electrons. The minimum absolute atomic E-state index is 0.152. The highest BCUT2D eigenvalue weighted by Crippen LogP contribution is 2.42. The molecule has 1 aromatic rings. The van der Waals surface area contributed by atoms with Crippen LogP contribution in [0, 0.1) is 12.3 Å². The zero-order chi connectivity index (χ0) is 13.4. The van der Waals surface area contributed by atoms with E-state index in [1.54, 1.807) is 7.11 Å². The Morgan fingerprint density at radius 1 is 1.17 bits per heavy atom. The lowest BCUT2D eigenvalue weighted by atomic mass is 9.67. The molecule has 2 heteroatoms. The predicted octanol–water partition coefficient (Wildman–Crippen LogP) is 3.28. The van der Waals surface area contributed by atoms with E-state index in [1.165, 1.54) is 17.5 Å². The van der Waals surface area contributed by atoms with E-state index >= 15 is 0 Å². The van der Waals surface area contributed by atoms with Gasteiger partial charge < -0.3 is 10.1 Å². The fourth-order valence-electron chi connectivity index (χ4n) is 3.34. The molecule has 1 heterocycles. The molecule has 0 bridgehead atoms. The number of aryl methyl sites for hydroxylation is 1. The van der Waals surface area contributed by atoms with Gasteiger partial charge in [0.25, 0.3) is 0 Å². The van der Waals surface area contributed by atoms with Crippen LogP contribution in [-0.4, -0.2) is 20.2 Å². The summed E-state index contributed by atoms with van der Waals surface area (Å²) in [5.41, 5.74) is 3.13. The lowest BCUT2D eigenvalue weighted by Crippen LogP contribution is -2.49. The Bertz CT molecular complexity index is 439. The molecule has 1 aliphatic rings. The monoisotopic (exact) mass is 247 g/mol. The zero-order valence-electron chi connectivity index (χ0n) is 12.3. The first-order valence-corrected chi connectivity index (χ1v) is 6.72. The van der Waals surface area contributed by atoms with Crippen LogP contribution in [0.5, 0.6) is 5.75 Å². The number of nitrogens with one attached hydrogen (secondary N) is 1. The summed E-state index contributed by atoms with van der Waals surface area (Å²) in [6, 6.07) is 6.49. The molecule has 2 rings (SSSR count). The fourth-order valence-corrected chi connectivity index (χ4v) is 3.34. The van der Waals surface area contributed by atoms with Crippen molar-refractivity contribution in [3.05, 3.63) is 29.3 Å². The van der Waals surface area contributed by atoms with Crippen LogP contribution >= 0.6 is 0 Å². The second-order valence-corrected chi connectivity index (χ2v) is 6.71. The summed E-state index contributed by atoms with van der Waals surface area (Å²) < 4.78 is 5.56. The van der Waals surface area contributed by atoms with Crippen LogP contribution < -0.4 is 10.1 Å². The summed E-state index contributed by atoms with van der Waals surface area (Å²) in [5, 5.41) is 3.58. The van der Waals surface area contributed by atoms with Crippen molar-refractivity contribution in [3.63, 3.8) is 0 Å². The highest BCUT2D eigenvalue weighted by Gasteiger charge is 2.39. The van der Waals surface area contributed by atoms with Crippen molar-refractivity contribution in [1.82, 2.24) is 5.32 Å². The number of methoxy groups -OCH3 is 1. The van der Waals surface area contributed by atoms with E-state index in [4.69, 9.17) is 4.74 Å². The Kier molecular flexibility index (Phi) is 3.41. The molecule has 0 amide bonds. The second kappa shape index (κ2) is 4.58. The Morgan fingerprint density at radius 2 is 1.89 bits per heavy atom. The second-order valence-electron chi connectivity index (χ2n) is 6.71. The van der Waals surface area contributed by atoms with Crippen LogP contribution in [0.2, 0.25) is 0 Å². The van der Waals surface area contributed by atoms with E-state index in [9.17, 15) is 0 Å². The average molecular weight is 247 g/mol. The van der Waals surface area contributed by atoms with E-state index in [-0.39, 0.29) is 5.41 Å². The van der Waals surface area contributed by atoms with E-state index < -0.39 is 0 Å². The zero-order valence-corrected chi connectivity index (χ0v) is 12.3. The normalized spacial score (nSPS) is 26.9. The maximum atomic E-state index is 5.56. The summed E-state index contributed by atoms with van der Waals surface area (Å²) in [5.74, 6) is 1.02. The average Bonchev–Trinajstić information content (AvgIpc) is 2.27. The van der Waals surface area contributed by atoms with Crippen LogP contribution in [0.4, 0.5) is 0 Å². The van der Waals surface area contributed by atoms with Crippen molar-refractivity contribution in [2.45, 2.75) is 39.5 Å². The molecule has 2 nitrogen and oxygen atoms in total. The molecular formula is C16H25NO. The van der Waals surface area contributed by atoms with Gasteiger partial charge in [0.2, 0.25) is 0 Å². The smallest absolute Gasteiger partial charge is 0.122 e. The standard InChI is InChI=1S/C16H25NO/c1-12-6-7-14(18-5)13(8-12)16(4)9-15(2,3)10-17-11-16/h6-8,17H,9-11H2,1-5H3. The van der Waals surface area contributed by atoms with Crippen molar-refractivity contribution in [1.29, 1.82) is 0 Å². The maximum absolute atomic E-state index is 5.56. The molecule has 1 unspecified atom stereocenters. The van der Waals surface area contributed by atoms with Gasteiger partial charge in [0.15, 0.2) is 0 Å². The fraction of sp³-hybridized carbons (Fsp3) is 0.625. The largest absolute Gasteiger partial charge is 0.496 e. The molecule has 1 aliphatic heterocycles. The van der Waals surface area contributed by atoms with Crippen molar-refractivity contribution in [2.75, 3.05) is 20.2 Å². The van der Waals surface area contributed by atoms with Gasteiger partial charge in [-0.25, -0.2) is 0 Å². The number of hydrogen-bond acceptors (Lipinski definition) is 2. The molecule has 0 saturated carbocycles. The molecule has 1 aromatic carbocycles. The third-order valence-electron chi connectivity index (χ3n) is 3.99. The Hall–Kier alpha value is -1.02. The number of ether oxygens (including phenoxy) is 1. The Morgan fingerprint density at radius 3 is 2.50 bits per heavy atom. The van der Waals surface area contributed by atoms with Crippen molar-refractivity contribution in [2.24, 2.45) is 5.41 Å². The summed E-state index contributed by atoms with van der Waals surface area (Å²) in [7, 11) is 1.76. The minimum atomic E-state index is 0.152. The van der Waals surface area contributed by atoms with Crippen LogP contribution in [0.25, 0.3) is 0 Å². The third-order valence-corrected chi connectivity index (χ3v) is 3.99. The van der Waals surface area contributed by atoms with Gasteiger partial charge in [-0.1, -0.05) is 38.5 Å². The molecule has 18 heavy (non-hydrogen) atoms. The van der Waals surface area contributed by atoms with Gasteiger partial charge in [-0.15, -0.1) is 0 Å². The van der Waals surface area contributed by atoms with E-state index in [0.717, 1.165) is 18.8 Å². The van der Waals surface area contributed by atoms with Crippen LogP contribution in [-0.2, 0) is 5.41 Å². The van der Waals surface area contributed by atoms with Gasteiger partial charge in [-0.2, -0.15) is 0 Å². The van der Waals surface area contributed by atoms with Crippen LogP contribution in [0.1, 0.15) is 38.3 Å². The molecule has 0 spiro atoms. The van der Waals surface area contributed by atoms with E-state index in [2.05, 4.69) is 51.2 Å². The molecule has 1 atom stereocenters. The van der Waals surface area contributed by atoms with Crippen LogP contribution in [0.15, 0.2) is 18.2 Å². The topological polar surface area (TPSA) is 21.3 Å². The van der Waals surface area contributed by atoms with Crippen LogP contribution in [0.3, 0.4) is 0 Å². The molecule has 1 N–H and O–H groups in total. The quantitative estimate of drug-likeness (QED) is 0.866. The summed E-state index contributed by atoms with van der Waals surface area (Å²) in [6.45, 7) is 11.3. The maximum Gasteiger partial charge on any atom is 0.122 e. The lowest BCUT2D eigenvalue weighted by Gasteiger charge is -2.44. The molecule has 1 saturated heterocycles. The van der Waals surface area contributed by atoms with Gasteiger partial charge in [0, 0.05) is 24.1 Å². The summed E-state index contributed by atoms with van der Waals surface area (Å²) in [6.07, 6.45) is 1.19. The third kappa shape index (κ3) is 2.54. The highest BCUT2D eigenvalue weighted by molar-refractivity contribution is 5.43. The first-order chi connectivity index (χ1) is 8.36. The van der Waals surface area contributed by atoms with Gasteiger partial charge in [0.1, 0.15) is 5.75 Å². The number of rotatable bonds is 2. The van der Waals surface area contributed by atoms with Crippen molar-refractivity contribution in [3.8, 4) is 5.75 Å². The Labute approximate surface area is 111 Å². The first kappa shape index (κ1) is 13.4. The first-order valence-electron chi connectivity index (χ1n) is 6.72. The summed E-state index contributed by atoms with van der Waals surface area (Å²) in [4.78, 5) is 0. The molecule has 1 fully saturated rings. The van der Waals surface area contributed by atoms with Gasteiger partial charge in [0.05, 0.1) is 7.11 Å². The van der Waals surface area contributed by atoms with Gasteiger partial charge >= 0.3 is 0 Å². The number of hydrogen-bond donors (Lipinski definition) is 1. The molecule has 0 aromatic heterocycles. The number of piperidine rings is 1. The predicted molar refractivity (Wildman–Crippen MR) is 76.4 cm³/mol. The molecule has 0 radical (unpaired) electrons. The Balaban J connectivity index is 2.43. The lowest BCUT2D eigenvalue weighted by molar-refractivity contribution is 0.177. The van der Waals surface area contributed by atoms with E-state index in [1.807, 2.05) is 0 Å². The van der Waals surface area contributed by atoms with Crippen molar-refractivity contribution >= 4 is 0 Å². The number of benzene rings is 1. The van der Waals surface area contributed by atoms with Crippen molar-refractivity contribution < 1.29 is 4.74 Å².